The van der Waals surface area contributed by atoms with Gasteiger partial charge in [-0.2, -0.15) is 0 Å². The summed E-state index contributed by atoms with van der Waals surface area (Å²) in [7, 11) is -0.234. The molecule has 0 aliphatic carbocycles. The Kier molecular flexibility index (Phi) is 4.30. The van der Waals surface area contributed by atoms with E-state index in [9.17, 15) is 0 Å². The number of halogens is 2. The number of allylic oxidation sites excluding steroid dienone is 1. The van der Waals surface area contributed by atoms with Gasteiger partial charge in [-0.15, -0.1) is 23.2 Å². The van der Waals surface area contributed by atoms with Gasteiger partial charge in [-0.05, 0) is 5.57 Å². The van der Waals surface area contributed by atoms with Crippen LogP contribution >= 0.6 is 23.2 Å². The molecule has 0 saturated carbocycles. The second-order valence-electron chi connectivity index (χ2n) is 2.20. The molecule has 0 aromatic carbocycles. The molecule has 1 fully saturated rings. The fourth-order valence-electron chi connectivity index (χ4n) is 0.790. The lowest BCUT2D eigenvalue weighted by atomic mass is 9.88. The van der Waals surface area contributed by atoms with Crippen molar-refractivity contribution in [2.75, 3.05) is 25.0 Å². The van der Waals surface area contributed by atoms with Crippen molar-refractivity contribution in [1.82, 2.24) is 0 Å². The summed E-state index contributed by atoms with van der Waals surface area (Å²) in [6, 6.07) is 0. The van der Waals surface area contributed by atoms with Crippen LogP contribution in [0.3, 0.4) is 0 Å². The highest BCUT2D eigenvalue weighted by Gasteiger charge is 2.20. The molecule has 11 heavy (non-hydrogen) atoms. The van der Waals surface area contributed by atoms with Gasteiger partial charge in [-0.1, -0.05) is 5.98 Å². The van der Waals surface area contributed by atoms with Crippen LogP contribution < -0.4 is 0 Å². The molecular weight excluding hydrogens is 186 g/mol. The van der Waals surface area contributed by atoms with Crippen molar-refractivity contribution in [3.8, 4) is 0 Å². The molecule has 0 bridgehead atoms. The third-order valence-corrected chi connectivity index (χ3v) is 2.05. The minimum Gasteiger partial charge on any atom is -0.405 e. The quantitative estimate of drug-likeness (QED) is 0.501. The maximum atomic E-state index is 5.58. The van der Waals surface area contributed by atoms with Gasteiger partial charge >= 0.3 is 7.12 Å². The molecule has 1 heterocycles. The van der Waals surface area contributed by atoms with E-state index in [-0.39, 0.29) is 7.12 Å². The lowest BCUT2D eigenvalue weighted by Crippen LogP contribution is -2.12. The number of hydrogen-bond acceptors (Lipinski definition) is 2. The third-order valence-electron chi connectivity index (χ3n) is 1.36. The minimum absolute atomic E-state index is 0.234. The van der Waals surface area contributed by atoms with E-state index in [2.05, 4.69) is 0 Å². The average Bonchev–Trinajstić information content (AvgIpc) is 2.52. The number of alkyl halides is 2. The summed E-state index contributed by atoms with van der Waals surface area (Å²) in [5, 5.41) is 0. The molecule has 62 valence electrons. The first kappa shape index (κ1) is 9.39. The van der Waals surface area contributed by atoms with E-state index in [1.54, 1.807) is 0 Å². The van der Waals surface area contributed by atoms with E-state index in [1.165, 1.54) is 0 Å². The summed E-state index contributed by atoms with van der Waals surface area (Å²) in [6.07, 6.45) is 0. The highest BCUT2D eigenvalue weighted by Crippen LogP contribution is 2.07. The molecule has 1 rings (SSSR count). The molecule has 0 radical (unpaired) electrons. The van der Waals surface area contributed by atoms with Gasteiger partial charge in [0.25, 0.3) is 0 Å². The molecule has 0 aromatic heterocycles. The molecular formula is C6H9BCl2O2. The van der Waals surface area contributed by atoms with E-state index in [1.807, 2.05) is 5.98 Å². The van der Waals surface area contributed by atoms with Crippen LogP contribution in [0.15, 0.2) is 11.5 Å². The van der Waals surface area contributed by atoms with Crippen molar-refractivity contribution in [3.63, 3.8) is 0 Å². The van der Waals surface area contributed by atoms with Gasteiger partial charge in [-0.3, -0.25) is 0 Å². The molecule has 0 unspecified atom stereocenters. The topological polar surface area (TPSA) is 18.5 Å². The summed E-state index contributed by atoms with van der Waals surface area (Å²) in [4.78, 5) is 0. The molecule has 0 aromatic rings. The van der Waals surface area contributed by atoms with Gasteiger partial charge in [0.1, 0.15) is 0 Å². The monoisotopic (exact) mass is 194 g/mol. The Bertz CT molecular complexity index is 140. The third kappa shape index (κ3) is 3.03. The molecule has 1 saturated heterocycles. The van der Waals surface area contributed by atoms with E-state index >= 15 is 0 Å². The van der Waals surface area contributed by atoms with Crippen LogP contribution in [0.4, 0.5) is 0 Å². The Morgan fingerprint density at radius 2 is 1.82 bits per heavy atom. The van der Waals surface area contributed by atoms with Crippen molar-refractivity contribution in [2.24, 2.45) is 0 Å². The predicted octanol–water partition coefficient (Wildman–Crippen LogP) is 1.46. The SMILES string of the molecule is ClCC(=CB1OCCO1)CCl. The van der Waals surface area contributed by atoms with E-state index in [4.69, 9.17) is 32.5 Å². The lowest BCUT2D eigenvalue weighted by Gasteiger charge is -1.99. The first-order valence-corrected chi connectivity index (χ1v) is 4.48. The summed E-state index contributed by atoms with van der Waals surface area (Å²) in [5.41, 5.74) is 0.945. The first-order chi connectivity index (χ1) is 5.36. The van der Waals surface area contributed by atoms with Crippen molar-refractivity contribution >= 4 is 30.3 Å². The van der Waals surface area contributed by atoms with Crippen LogP contribution in [-0.2, 0) is 9.31 Å². The van der Waals surface area contributed by atoms with Crippen LogP contribution in [0.2, 0.25) is 0 Å². The van der Waals surface area contributed by atoms with Crippen LogP contribution in [0.5, 0.6) is 0 Å². The molecule has 0 amide bonds. The normalized spacial score (nSPS) is 17.1. The van der Waals surface area contributed by atoms with Crippen molar-refractivity contribution < 1.29 is 9.31 Å². The van der Waals surface area contributed by atoms with E-state index < -0.39 is 0 Å². The fraction of sp³-hybridized carbons (Fsp3) is 0.667. The Hall–Kier alpha value is 0.305. The van der Waals surface area contributed by atoms with Gasteiger partial charge < -0.3 is 9.31 Å². The molecule has 0 atom stereocenters. The van der Waals surface area contributed by atoms with Crippen molar-refractivity contribution in [1.29, 1.82) is 0 Å². The van der Waals surface area contributed by atoms with E-state index in [0.29, 0.717) is 25.0 Å². The van der Waals surface area contributed by atoms with Gasteiger partial charge in [0, 0.05) is 11.8 Å². The number of rotatable bonds is 3. The second-order valence-corrected chi connectivity index (χ2v) is 2.74. The zero-order chi connectivity index (χ0) is 8.10. The largest absolute Gasteiger partial charge is 0.486 e. The average molecular weight is 195 g/mol. The molecule has 1 aliphatic heterocycles. The summed E-state index contributed by atoms with van der Waals surface area (Å²) < 4.78 is 10.3. The van der Waals surface area contributed by atoms with Crippen molar-refractivity contribution in [2.45, 2.75) is 0 Å². The molecule has 2 nitrogen and oxygen atoms in total. The van der Waals surface area contributed by atoms with Crippen LogP contribution in [0, 0.1) is 0 Å². The van der Waals surface area contributed by atoms with Crippen LogP contribution in [0.1, 0.15) is 0 Å². The maximum Gasteiger partial charge on any atom is 0.486 e. The molecule has 0 spiro atoms. The Morgan fingerprint density at radius 1 is 1.27 bits per heavy atom. The zero-order valence-electron chi connectivity index (χ0n) is 6.06. The number of hydrogen-bond donors (Lipinski definition) is 0. The Morgan fingerprint density at radius 3 is 2.27 bits per heavy atom. The summed E-state index contributed by atoms with van der Waals surface area (Å²) in [5.74, 6) is 2.70. The Balaban J connectivity index is 2.40. The first-order valence-electron chi connectivity index (χ1n) is 3.41. The lowest BCUT2D eigenvalue weighted by molar-refractivity contribution is 0.365. The van der Waals surface area contributed by atoms with Gasteiger partial charge in [0.15, 0.2) is 0 Å². The molecule has 5 heteroatoms. The van der Waals surface area contributed by atoms with Crippen molar-refractivity contribution in [3.05, 3.63) is 11.5 Å². The highest BCUT2D eigenvalue weighted by atomic mass is 35.5. The maximum absolute atomic E-state index is 5.58. The summed E-state index contributed by atoms with van der Waals surface area (Å²) >= 11 is 11.2. The minimum atomic E-state index is -0.234. The molecule has 0 N–H and O–H groups in total. The Labute approximate surface area is 76.6 Å². The fourth-order valence-corrected chi connectivity index (χ4v) is 1.25. The van der Waals surface area contributed by atoms with Gasteiger partial charge in [-0.25, -0.2) is 0 Å². The standard InChI is InChI=1S/C6H9BCl2O2/c8-4-6(5-9)3-7-10-1-2-11-7/h3H,1-2,4-5H2. The van der Waals surface area contributed by atoms with Gasteiger partial charge in [0.2, 0.25) is 0 Å². The summed E-state index contributed by atoms with van der Waals surface area (Å²) in [6.45, 7) is 1.30. The zero-order valence-corrected chi connectivity index (χ0v) is 7.57. The van der Waals surface area contributed by atoms with Gasteiger partial charge in [0.05, 0.1) is 13.2 Å². The molecule has 1 aliphatic rings. The predicted molar refractivity (Wildman–Crippen MR) is 47.2 cm³/mol. The smallest absolute Gasteiger partial charge is 0.405 e. The second kappa shape index (κ2) is 5.04. The van der Waals surface area contributed by atoms with E-state index in [0.717, 1.165) is 5.57 Å². The van der Waals surface area contributed by atoms with Crippen LogP contribution in [0.25, 0.3) is 0 Å². The van der Waals surface area contributed by atoms with Crippen LogP contribution in [-0.4, -0.2) is 32.1 Å². The highest BCUT2D eigenvalue weighted by molar-refractivity contribution is 6.51.